The summed E-state index contributed by atoms with van der Waals surface area (Å²) in [7, 11) is -3.77. The van der Waals surface area contributed by atoms with Crippen LogP contribution in [0.2, 0.25) is 0 Å². The SMILES string of the molecule is CC1(C)[C@](Br)(C(=O)O)N2C(=O)C(Br)[C@H]2S1(=O)=O. The van der Waals surface area contributed by atoms with E-state index in [0.29, 0.717) is 0 Å². The number of amides is 1. The van der Waals surface area contributed by atoms with Gasteiger partial charge in [-0.1, -0.05) is 15.9 Å². The number of hydrogen-bond acceptors (Lipinski definition) is 4. The number of alkyl halides is 2. The Balaban J connectivity index is 2.72. The zero-order valence-corrected chi connectivity index (χ0v) is 12.8. The first-order valence-electron chi connectivity index (χ1n) is 4.64. The van der Waals surface area contributed by atoms with Gasteiger partial charge in [0.2, 0.25) is 10.4 Å². The monoisotopic (exact) mass is 389 g/mol. The quantitative estimate of drug-likeness (QED) is 0.395. The summed E-state index contributed by atoms with van der Waals surface area (Å²) < 4.78 is 21.0. The molecule has 3 atom stereocenters. The number of carbonyl (C=O) groups is 2. The van der Waals surface area contributed by atoms with Gasteiger partial charge in [0.1, 0.15) is 9.57 Å². The molecule has 96 valence electrons. The van der Waals surface area contributed by atoms with Crippen LogP contribution >= 0.6 is 31.9 Å². The molecule has 0 bridgehead atoms. The predicted molar refractivity (Wildman–Crippen MR) is 65.6 cm³/mol. The molecular formula is C8H9Br2NO5S. The molecule has 2 aliphatic heterocycles. The van der Waals surface area contributed by atoms with Gasteiger partial charge in [-0.05, 0) is 29.8 Å². The average molecular weight is 391 g/mol. The zero-order chi connectivity index (χ0) is 13.4. The lowest BCUT2D eigenvalue weighted by atomic mass is 9.98. The molecule has 0 aliphatic carbocycles. The highest BCUT2D eigenvalue weighted by atomic mass is 79.9. The number of carboxylic acids is 1. The van der Waals surface area contributed by atoms with Crippen LogP contribution in [0.4, 0.5) is 0 Å². The molecule has 2 aliphatic rings. The molecule has 2 heterocycles. The van der Waals surface area contributed by atoms with Gasteiger partial charge >= 0.3 is 5.97 Å². The molecule has 9 heteroatoms. The highest BCUT2D eigenvalue weighted by Gasteiger charge is 2.78. The van der Waals surface area contributed by atoms with Crippen molar-refractivity contribution in [2.24, 2.45) is 0 Å². The van der Waals surface area contributed by atoms with Crippen molar-refractivity contribution in [2.75, 3.05) is 0 Å². The van der Waals surface area contributed by atoms with Gasteiger partial charge < -0.3 is 5.11 Å². The molecule has 0 aromatic heterocycles. The Hall–Kier alpha value is -0.150. The van der Waals surface area contributed by atoms with Crippen molar-refractivity contribution in [3.63, 3.8) is 0 Å². The summed E-state index contributed by atoms with van der Waals surface area (Å²) in [6, 6.07) is 0. The lowest BCUT2D eigenvalue weighted by Gasteiger charge is -2.43. The number of nitrogens with zero attached hydrogens (tertiary/aromatic N) is 1. The van der Waals surface area contributed by atoms with Gasteiger partial charge in [0, 0.05) is 0 Å². The number of sulfone groups is 1. The molecule has 0 saturated carbocycles. The fourth-order valence-electron chi connectivity index (χ4n) is 2.19. The number of β-lactam (4-membered cyclic amide) rings is 1. The van der Waals surface area contributed by atoms with Crippen molar-refractivity contribution in [3.8, 4) is 0 Å². The Kier molecular flexibility index (Phi) is 2.53. The molecule has 0 radical (unpaired) electrons. The largest absolute Gasteiger partial charge is 0.479 e. The minimum Gasteiger partial charge on any atom is -0.479 e. The summed E-state index contributed by atoms with van der Waals surface area (Å²) in [5, 5.41) is 8.12. The van der Waals surface area contributed by atoms with Gasteiger partial charge in [0.05, 0.1) is 0 Å². The van der Waals surface area contributed by atoms with E-state index in [-0.39, 0.29) is 0 Å². The third kappa shape index (κ3) is 1.13. The molecule has 2 fully saturated rings. The summed E-state index contributed by atoms with van der Waals surface area (Å²) >= 11 is 5.91. The number of carboxylic acid groups (broad SMARTS) is 1. The summed E-state index contributed by atoms with van der Waals surface area (Å²) in [4.78, 5) is 23.0. The first kappa shape index (κ1) is 13.3. The van der Waals surface area contributed by atoms with Gasteiger partial charge in [-0.2, -0.15) is 0 Å². The lowest BCUT2D eigenvalue weighted by molar-refractivity contribution is -0.158. The van der Waals surface area contributed by atoms with Crippen molar-refractivity contribution >= 4 is 53.6 Å². The fourth-order valence-corrected chi connectivity index (χ4v) is 6.85. The molecule has 1 N–H and O–H groups in total. The maximum absolute atomic E-state index is 12.2. The molecular weight excluding hydrogens is 382 g/mol. The molecule has 1 amide bonds. The van der Waals surface area contributed by atoms with Gasteiger partial charge in [0.25, 0.3) is 0 Å². The Morgan fingerprint density at radius 2 is 1.94 bits per heavy atom. The van der Waals surface area contributed by atoms with Crippen molar-refractivity contribution in [3.05, 3.63) is 0 Å². The topological polar surface area (TPSA) is 91.8 Å². The first-order valence-corrected chi connectivity index (χ1v) is 7.89. The van der Waals surface area contributed by atoms with Crippen LogP contribution in [0.5, 0.6) is 0 Å². The van der Waals surface area contributed by atoms with E-state index in [9.17, 15) is 23.1 Å². The molecule has 6 nitrogen and oxygen atoms in total. The van der Waals surface area contributed by atoms with E-state index >= 15 is 0 Å². The highest BCUT2D eigenvalue weighted by Crippen LogP contribution is 2.56. The van der Waals surface area contributed by atoms with Gasteiger partial charge in [-0.3, -0.25) is 9.69 Å². The normalized spacial score (nSPS) is 41.9. The van der Waals surface area contributed by atoms with Crippen molar-refractivity contribution in [2.45, 2.75) is 33.2 Å². The maximum Gasteiger partial charge on any atom is 0.342 e. The van der Waals surface area contributed by atoms with Crippen LogP contribution in [0.15, 0.2) is 0 Å². The number of halogens is 2. The third-order valence-corrected chi connectivity index (χ3v) is 9.47. The minimum absolute atomic E-state index is 0.538. The second-order valence-corrected chi connectivity index (χ2v) is 9.21. The Bertz CT molecular complexity index is 530. The second-order valence-electron chi connectivity index (χ2n) is 4.48. The number of carbonyl (C=O) groups excluding carboxylic acids is 1. The molecule has 2 saturated heterocycles. The standard InChI is InChI=1S/C8H9Br2NO5S/c1-7(2)8(10,6(13)14)11-4(12)3(9)5(11)17(7,15)16/h3,5H,1-2H3,(H,13,14)/t3?,5-,8+/m1/s1. The smallest absolute Gasteiger partial charge is 0.342 e. The van der Waals surface area contributed by atoms with E-state index in [0.717, 1.165) is 4.90 Å². The van der Waals surface area contributed by atoms with Gasteiger partial charge in [0.15, 0.2) is 15.2 Å². The van der Waals surface area contributed by atoms with Crippen molar-refractivity contribution in [1.29, 1.82) is 0 Å². The Labute approximate surface area is 115 Å². The Morgan fingerprint density at radius 3 is 2.35 bits per heavy atom. The van der Waals surface area contributed by atoms with Crippen LogP contribution in [-0.4, -0.2) is 49.7 Å². The zero-order valence-electron chi connectivity index (χ0n) is 8.85. The molecule has 0 aromatic rings. The minimum atomic E-state index is -3.77. The van der Waals surface area contributed by atoms with Crippen LogP contribution in [0, 0.1) is 0 Å². The van der Waals surface area contributed by atoms with E-state index < -0.39 is 41.1 Å². The van der Waals surface area contributed by atoms with E-state index in [2.05, 4.69) is 31.9 Å². The Morgan fingerprint density at radius 1 is 1.47 bits per heavy atom. The molecule has 17 heavy (non-hydrogen) atoms. The van der Waals surface area contributed by atoms with Gasteiger partial charge in [-0.15, -0.1) is 0 Å². The van der Waals surface area contributed by atoms with Crippen LogP contribution in [0.1, 0.15) is 13.8 Å². The van der Waals surface area contributed by atoms with Crippen LogP contribution in [0.25, 0.3) is 0 Å². The fraction of sp³-hybridized carbons (Fsp3) is 0.750. The van der Waals surface area contributed by atoms with Gasteiger partial charge in [-0.25, -0.2) is 13.2 Å². The molecule has 0 spiro atoms. The third-order valence-electron chi connectivity index (χ3n) is 3.42. The van der Waals surface area contributed by atoms with Crippen LogP contribution < -0.4 is 0 Å². The predicted octanol–water partition coefficient (Wildman–Crippen LogP) is 0.301. The second kappa shape index (κ2) is 3.24. The van der Waals surface area contributed by atoms with Crippen LogP contribution in [0.3, 0.4) is 0 Å². The van der Waals surface area contributed by atoms with E-state index in [1.54, 1.807) is 0 Å². The summed E-state index contributed by atoms with van der Waals surface area (Å²) in [5.41, 5.74) is 0. The highest BCUT2D eigenvalue weighted by molar-refractivity contribution is 9.10. The summed E-state index contributed by atoms with van der Waals surface area (Å²) in [6.07, 6.45) is 0. The first-order chi connectivity index (χ1) is 7.51. The number of aliphatic carboxylic acids is 1. The van der Waals surface area contributed by atoms with E-state index in [1.165, 1.54) is 13.8 Å². The van der Waals surface area contributed by atoms with E-state index in [4.69, 9.17) is 0 Å². The molecule has 1 unspecified atom stereocenters. The van der Waals surface area contributed by atoms with Crippen molar-refractivity contribution < 1.29 is 23.1 Å². The number of fused-ring (bicyclic) bond motifs is 1. The van der Waals surface area contributed by atoms with Crippen molar-refractivity contribution in [1.82, 2.24) is 4.90 Å². The van der Waals surface area contributed by atoms with Crippen LogP contribution in [-0.2, 0) is 19.4 Å². The molecule has 2 rings (SSSR count). The number of hydrogen-bond donors (Lipinski definition) is 1. The lowest BCUT2D eigenvalue weighted by Crippen LogP contribution is -2.68. The maximum atomic E-state index is 12.2. The molecule has 0 aromatic carbocycles. The summed E-state index contributed by atoms with van der Waals surface area (Å²) in [6.45, 7) is 2.60. The number of rotatable bonds is 1. The summed E-state index contributed by atoms with van der Waals surface area (Å²) in [5.74, 6) is -1.93. The van der Waals surface area contributed by atoms with E-state index in [1.807, 2.05) is 0 Å². The average Bonchev–Trinajstić information content (AvgIpc) is 2.32.